The molecule has 7 heteroatoms. The number of anilines is 2. The molecule has 0 spiro atoms. The smallest absolute Gasteiger partial charge is 0.0868 e. The monoisotopic (exact) mass is 600 g/mol. The summed E-state index contributed by atoms with van der Waals surface area (Å²) in [5, 5.41) is 1.85. The number of thiol groups is 1. The van der Waals surface area contributed by atoms with E-state index in [1.54, 1.807) is 0 Å². The summed E-state index contributed by atoms with van der Waals surface area (Å²) in [6.45, 7) is 15.2. The van der Waals surface area contributed by atoms with Crippen molar-refractivity contribution in [2.24, 2.45) is 5.84 Å². The van der Waals surface area contributed by atoms with Crippen LogP contribution in [0.1, 0.15) is 128 Å². The summed E-state index contributed by atoms with van der Waals surface area (Å²) >= 11 is 6.14. The van der Waals surface area contributed by atoms with Crippen molar-refractivity contribution < 1.29 is 0 Å². The molecule has 39 heavy (non-hydrogen) atoms. The second-order valence-corrected chi connectivity index (χ2v) is 16.3. The van der Waals surface area contributed by atoms with Gasteiger partial charge in [-0.3, -0.25) is 9.91 Å². The Labute approximate surface area is 255 Å². The molecule has 0 aliphatic carbocycles. The van der Waals surface area contributed by atoms with Crippen molar-refractivity contribution in [1.29, 1.82) is 0 Å². The number of hydrazine groups is 1. The van der Waals surface area contributed by atoms with Crippen LogP contribution in [0.5, 0.6) is 0 Å². The largest absolute Gasteiger partial charge is 0.397 e. The van der Waals surface area contributed by atoms with Crippen LogP contribution >= 0.6 is 31.1 Å². The van der Waals surface area contributed by atoms with E-state index >= 15 is 0 Å². The molecule has 4 nitrogen and oxygen atoms in total. The number of nitrogens with two attached hydrogens (primary N) is 2. The summed E-state index contributed by atoms with van der Waals surface area (Å²) in [5.74, 6) is 8.65. The van der Waals surface area contributed by atoms with Gasteiger partial charge in [-0.05, 0) is 76.0 Å². The van der Waals surface area contributed by atoms with Crippen molar-refractivity contribution in [2.75, 3.05) is 48.4 Å². The van der Waals surface area contributed by atoms with E-state index in [9.17, 15) is 0 Å². The van der Waals surface area contributed by atoms with Gasteiger partial charge in [0.1, 0.15) is 0 Å². The van der Waals surface area contributed by atoms with Crippen molar-refractivity contribution in [3.63, 3.8) is 0 Å². The van der Waals surface area contributed by atoms with Crippen LogP contribution in [-0.4, -0.2) is 42.6 Å². The molecule has 1 aromatic rings. The SMILES string of the molecule is CCCCCCCCCCCCN(CSP(C)CCCCC)CN(N)c1ccc(C)c(C)c1N.CCCCS. The number of hydrogen-bond acceptors (Lipinski definition) is 6. The zero-order valence-electron chi connectivity index (χ0n) is 26.6. The maximum absolute atomic E-state index is 6.55. The van der Waals surface area contributed by atoms with Crippen LogP contribution < -0.4 is 16.6 Å². The van der Waals surface area contributed by atoms with E-state index in [0.717, 1.165) is 41.8 Å². The predicted octanol–water partition coefficient (Wildman–Crippen LogP) is 10.4. The van der Waals surface area contributed by atoms with Gasteiger partial charge in [-0.25, -0.2) is 5.84 Å². The molecule has 0 fully saturated rings. The average Bonchev–Trinajstić information content (AvgIpc) is 2.92. The normalized spacial score (nSPS) is 11.9. The van der Waals surface area contributed by atoms with Crippen molar-refractivity contribution in [1.82, 2.24) is 4.90 Å². The molecule has 230 valence electrons. The van der Waals surface area contributed by atoms with Crippen LogP contribution in [0, 0.1) is 13.8 Å². The maximum atomic E-state index is 6.55. The Balaban J connectivity index is 0.00000263. The lowest BCUT2D eigenvalue weighted by atomic mass is 10.1. The van der Waals surface area contributed by atoms with Crippen molar-refractivity contribution in [3.05, 3.63) is 23.3 Å². The first-order valence-electron chi connectivity index (χ1n) is 15.9. The molecular weight excluding hydrogens is 535 g/mol. The van der Waals surface area contributed by atoms with Crippen molar-refractivity contribution in [3.8, 4) is 0 Å². The van der Waals surface area contributed by atoms with E-state index in [1.807, 2.05) is 5.01 Å². The Kier molecular flexibility index (Phi) is 26.7. The summed E-state index contributed by atoms with van der Waals surface area (Å²) < 4.78 is 0. The minimum absolute atomic E-state index is 0.0380. The minimum atomic E-state index is 0.0380. The van der Waals surface area contributed by atoms with Crippen LogP contribution in [0.25, 0.3) is 0 Å². The van der Waals surface area contributed by atoms with E-state index in [-0.39, 0.29) is 7.12 Å². The minimum Gasteiger partial charge on any atom is -0.397 e. The molecule has 1 atom stereocenters. The molecule has 0 aliphatic rings. The van der Waals surface area contributed by atoms with Gasteiger partial charge in [-0.1, -0.05) is 104 Å². The Morgan fingerprint density at radius 3 is 1.87 bits per heavy atom. The van der Waals surface area contributed by atoms with Gasteiger partial charge in [-0.2, -0.15) is 12.6 Å². The fraction of sp³-hybridized carbons (Fsp3) is 0.812. The predicted molar refractivity (Wildman–Crippen MR) is 189 cm³/mol. The lowest BCUT2D eigenvalue weighted by Gasteiger charge is -2.30. The summed E-state index contributed by atoms with van der Waals surface area (Å²) in [6, 6.07) is 4.20. The summed E-state index contributed by atoms with van der Waals surface area (Å²) in [4.78, 5) is 2.53. The third-order valence-corrected chi connectivity index (χ3v) is 11.7. The first-order valence-corrected chi connectivity index (χ1v) is 20.1. The number of benzene rings is 1. The van der Waals surface area contributed by atoms with Gasteiger partial charge < -0.3 is 5.73 Å². The van der Waals surface area contributed by atoms with Crippen molar-refractivity contribution in [2.45, 2.75) is 131 Å². The van der Waals surface area contributed by atoms with E-state index in [1.165, 1.54) is 108 Å². The number of nitrogen functional groups attached to an aromatic ring is 1. The fourth-order valence-electron chi connectivity index (χ4n) is 4.35. The highest BCUT2D eigenvalue weighted by Crippen LogP contribution is 2.47. The first kappa shape index (κ1) is 38.9. The number of nitrogens with zero attached hydrogens (tertiary/aromatic N) is 2. The van der Waals surface area contributed by atoms with E-state index in [0.29, 0.717) is 0 Å². The quantitative estimate of drug-likeness (QED) is 0.0222. The number of aryl methyl sites for hydroxylation is 1. The first-order chi connectivity index (χ1) is 18.8. The number of unbranched alkanes of at least 4 members (excludes halogenated alkanes) is 12. The zero-order chi connectivity index (χ0) is 29.3. The van der Waals surface area contributed by atoms with Gasteiger partial charge in [0.2, 0.25) is 0 Å². The molecule has 0 radical (unpaired) electrons. The average molecular weight is 601 g/mol. The Hall–Kier alpha value is -0.130. The molecule has 0 saturated carbocycles. The summed E-state index contributed by atoms with van der Waals surface area (Å²) in [6.07, 6.45) is 21.7. The summed E-state index contributed by atoms with van der Waals surface area (Å²) in [7, 11) is 0.0380. The highest BCUT2D eigenvalue weighted by atomic mass is 32.7. The third kappa shape index (κ3) is 20.4. The van der Waals surface area contributed by atoms with Crippen LogP contribution in [-0.2, 0) is 0 Å². The lowest BCUT2D eigenvalue weighted by molar-refractivity contribution is 0.310. The van der Waals surface area contributed by atoms with Crippen molar-refractivity contribution >= 4 is 42.5 Å². The van der Waals surface area contributed by atoms with Gasteiger partial charge in [0.25, 0.3) is 0 Å². The standard InChI is InChI=1S/C28H55N4PS.C4H10S/c1-6-8-10-11-12-13-14-15-16-17-21-31(24-34-33(5)22-18-9-7-2)23-32(30)27-20-19-25(3)26(4)28(27)29;1-2-3-4-5/h19-20H,6-18,21-24,29-30H2,1-5H3;5H,2-4H2,1H3. The summed E-state index contributed by atoms with van der Waals surface area (Å²) in [5.41, 5.74) is 10.5. The van der Waals surface area contributed by atoms with Gasteiger partial charge in [0.15, 0.2) is 0 Å². The van der Waals surface area contributed by atoms with Crippen LogP contribution in [0.2, 0.25) is 0 Å². The number of rotatable bonds is 23. The third-order valence-electron chi connectivity index (χ3n) is 7.30. The molecule has 0 aliphatic heterocycles. The molecule has 0 amide bonds. The molecule has 0 saturated heterocycles. The number of hydrogen-bond donors (Lipinski definition) is 3. The molecule has 0 bridgehead atoms. The molecule has 0 heterocycles. The van der Waals surface area contributed by atoms with E-state index < -0.39 is 0 Å². The molecule has 1 unspecified atom stereocenters. The molecule has 1 aromatic carbocycles. The van der Waals surface area contributed by atoms with Crippen LogP contribution in [0.15, 0.2) is 12.1 Å². The van der Waals surface area contributed by atoms with E-state index in [2.05, 4.69) is 82.3 Å². The highest BCUT2D eigenvalue weighted by molar-refractivity contribution is 8.55. The van der Waals surface area contributed by atoms with Crippen LogP contribution in [0.3, 0.4) is 0 Å². The second-order valence-electron chi connectivity index (χ2n) is 11.0. The second kappa shape index (κ2) is 26.7. The van der Waals surface area contributed by atoms with E-state index in [4.69, 9.17) is 11.6 Å². The topological polar surface area (TPSA) is 58.5 Å². The molecular formula is C32H65N4PS2. The Bertz CT molecular complexity index is 690. The van der Waals surface area contributed by atoms with Gasteiger partial charge in [0.05, 0.1) is 23.9 Å². The highest BCUT2D eigenvalue weighted by Gasteiger charge is 2.15. The van der Waals surface area contributed by atoms with Gasteiger partial charge >= 0.3 is 0 Å². The Morgan fingerprint density at radius 2 is 1.33 bits per heavy atom. The van der Waals surface area contributed by atoms with Crippen LogP contribution in [0.4, 0.5) is 11.4 Å². The molecule has 1 rings (SSSR count). The fourth-order valence-corrected chi connectivity index (χ4v) is 7.89. The maximum Gasteiger partial charge on any atom is 0.0868 e. The Morgan fingerprint density at radius 1 is 0.795 bits per heavy atom. The van der Waals surface area contributed by atoms with Gasteiger partial charge in [0, 0.05) is 6.54 Å². The zero-order valence-corrected chi connectivity index (χ0v) is 29.3. The molecule has 4 N–H and O–H groups in total. The molecule has 0 aromatic heterocycles. The van der Waals surface area contributed by atoms with Gasteiger partial charge in [-0.15, -0.1) is 11.4 Å². The lowest BCUT2D eigenvalue weighted by Crippen LogP contribution is -2.43.